The quantitative estimate of drug-likeness (QED) is 0.740. The molecule has 0 bridgehead atoms. The second-order valence-corrected chi connectivity index (χ2v) is 4.95. The molecule has 0 aromatic heterocycles. The topological polar surface area (TPSA) is 52.5 Å². The molecule has 3 nitrogen and oxygen atoms in total. The molecule has 3 heteroatoms. The number of aliphatic hydroxyl groups is 2. The van der Waals surface area contributed by atoms with Crippen LogP contribution in [-0.4, -0.2) is 28.5 Å². The Morgan fingerprint density at radius 1 is 1.24 bits per heavy atom. The van der Waals surface area contributed by atoms with Crippen LogP contribution in [0.3, 0.4) is 0 Å². The van der Waals surface area contributed by atoms with E-state index in [9.17, 15) is 10.2 Å². The molecular weight excluding hydrogens is 214 g/mol. The van der Waals surface area contributed by atoms with E-state index in [4.69, 9.17) is 0 Å². The van der Waals surface area contributed by atoms with Crippen molar-refractivity contribution in [3.63, 3.8) is 0 Å². The molecule has 1 aliphatic carbocycles. The summed E-state index contributed by atoms with van der Waals surface area (Å²) in [5.41, 5.74) is 0.258. The number of hydrogen-bond donors (Lipinski definition) is 3. The van der Waals surface area contributed by atoms with Crippen molar-refractivity contribution in [2.45, 2.75) is 43.9 Å². The highest BCUT2D eigenvalue weighted by Gasteiger charge is 2.37. The van der Waals surface area contributed by atoms with Gasteiger partial charge in [-0.25, -0.2) is 0 Å². The number of hydrogen-bond acceptors (Lipinski definition) is 3. The molecule has 17 heavy (non-hydrogen) atoms. The van der Waals surface area contributed by atoms with Crippen molar-refractivity contribution in [2.75, 3.05) is 6.54 Å². The summed E-state index contributed by atoms with van der Waals surface area (Å²) in [5.74, 6) is 0. The molecule has 2 atom stereocenters. The Morgan fingerprint density at radius 3 is 2.71 bits per heavy atom. The lowest BCUT2D eigenvalue weighted by molar-refractivity contribution is -0.0975. The van der Waals surface area contributed by atoms with E-state index >= 15 is 0 Å². The predicted octanol–water partition coefficient (Wildman–Crippen LogP) is 1.44. The van der Waals surface area contributed by atoms with Gasteiger partial charge in [0.05, 0.1) is 6.10 Å². The van der Waals surface area contributed by atoms with Gasteiger partial charge in [0.1, 0.15) is 5.60 Å². The summed E-state index contributed by atoms with van der Waals surface area (Å²) in [6, 6.07) is 10.1. The van der Waals surface area contributed by atoms with E-state index < -0.39 is 11.7 Å². The first-order valence-corrected chi connectivity index (χ1v) is 6.36. The van der Waals surface area contributed by atoms with E-state index in [1.807, 2.05) is 30.3 Å². The lowest BCUT2D eigenvalue weighted by Gasteiger charge is -2.37. The Hall–Kier alpha value is -0.900. The van der Waals surface area contributed by atoms with Gasteiger partial charge in [0, 0.05) is 13.1 Å². The SMILES string of the molecule is O[C@@H]1CCCC[C@@]1(O)CNCc1ccccc1. The molecule has 1 aromatic rings. The summed E-state index contributed by atoms with van der Waals surface area (Å²) >= 11 is 0. The van der Waals surface area contributed by atoms with E-state index in [0.717, 1.165) is 19.4 Å². The van der Waals surface area contributed by atoms with Gasteiger partial charge in [-0.1, -0.05) is 43.2 Å². The zero-order valence-electron chi connectivity index (χ0n) is 10.1. The van der Waals surface area contributed by atoms with Gasteiger partial charge in [-0.15, -0.1) is 0 Å². The Bertz CT molecular complexity index is 341. The maximum atomic E-state index is 10.3. The maximum Gasteiger partial charge on any atom is 0.103 e. The molecule has 2 rings (SSSR count). The molecule has 3 N–H and O–H groups in total. The summed E-state index contributed by atoms with van der Waals surface area (Å²) in [7, 11) is 0. The van der Waals surface area contributed by atoms with Crippen LogP contribution in [0.4, 0.5) is 0 Å². The normalized spacial score (nSPS) is 29.2. The van der Waals surface area contributed by atoms with Crippen LogP contribution in [0.15, 0.2) is 30.3 Å². The highest BCUT2D eigenvalue weighted by atomic mass is 16.3. The summed E-state index contributed by atoms with van der Waals surface area (Å²) < 4.78 is 0. The molecule has 0 unspecified atom stereocenters. The summed E-state index contributed by atoms with van der Waals surface area (Å²) in [5, 5.41) is 23.4. The van der Waals surface area contributed by atoms with Crippen LogP contribution in [0, 0.1) is 0 Å². The predicted molar refractivity (Wildman–Crippen MR) is 67.6 cm³/mol. The van der Waals surface area contributed by atoms with Gasteiger partial charge in [0.15, 0.2) is 0 Å². The van der Waals surface area contributed by atoms with Gasteiger partial charge in [0.2, 0.25) is 0 Å². The monoisotopic (exact) mass is 235 g/mol. The average molecular weight is 235 g/mol. The third-order valence-electron chi connectivity index (χ3n) is 3.56. The molecule has 0 saturated heterocycles. The molecule has 0 spiro atoms. The molecule has 0 heterocycles. The van der Waals surface area contributed by atoms with Crippen molar-refractivity contribution in [3.05, 3.63) is 35.9 Å². The van der Waals surface area contributed by atoms with E-state index in [1.165, 1.54) is 5.56 Å². The highest BCUT2D eigenvalue weighted by molar-refractivity contribution is 5.14. The van der Waals surface area contributed by atoms with Crippen molar-refractivity contribution in [1.82, 2.24) is 5.32 Å². The van der Waals surface area contributed by atoms with Gasteiger partial charge >= 0.3 is 0 Å². The zero-order valence-corrected chi connectivity index (χ0v) is 10.1. The van der Waals surface area contributed by atoms with Crippen molar-refractivity contribution in [3.8, 4) is 0 Å². The lowest BCUT2D eigenvalue weighted by Crippen LogP contribution is -2.51. The number of rotatable bonds is 4. The van der Waals surface area contributed by atoms with Gasteiger partial charge in [0.25, 0.3) is 0 Å². The van der Waals surface area contributed by atoms with Crippen LogP contribution in [-0.2, 0) is 6.54 Å². The van der Waals surface area contributed by atoms with Crippen LogP contribution in [0.5, 0.6) is 0 Å². The van der Waals surface area contributed by atoms with Crippen molar-refractivity contribution in [1.29, 1.82) is 0 Å². The molecule has 1 saturated carbocycles. The average Bonchev–Trinajstić information content (AvgIpc) is 2.35. The Balaban J connectivity index is 1.81. The fraction of sp³-hybridized carbons (Fsp3) is 0.571. The number of aliphatic hydroxyl groups excluding tert-OH is 1. The fourth-order valence-electron chi connectivity index (χ4n) is 2.43. The third kappa shape index (κ3) is 3.28. The first-order chi connectivity index (χ1) is 8.21. The van der Waals surface area contributed by atoms with Gasteiger partial charge in [-0.05, 0) is 18.4 Å². The molecule has 0 aliphatic heterocycles. The van der Waals surface area contributed by atoms with Crippen molar-refractivity contribution >= 4 is 0 Å². The van der Waals surface area contributed by atoms with Gasteiger partial charge in [-0.3, -0.25) is 0 Å². The molecule has 0 amide bonds. The first-order valence-electron chi connectivity index (χ1n) is 6.36. The van der Waals surface area contributed by atoms with E-state index in [2.05, 4.69) is 5.32 Å². The molecule has 1 fully saturated rings. The van der Waals surface area contributed by atoms with Crippen molar-refractivity contribution < 1.29 is 10.2 Å². The minimum atomic E-state index is -0.937. The van der Waals surface area contributed by atoms with E-state index in [-0.39, 0.29) is 0 Å². The van der Waals surface area contributed by atoms with Crippen LogP contribution < -0.4 is 5.32 Å². The molecule has 1 aromatic carbocycles. The Kier molecular flexibility index (Phi) is 4.15. The zero-order chi connectivity index (χ0) is 12.1. The minimum Gasteiger partial charge on any atom is -0.390 e. The first kappa shape index (κ1) is 12.6. The fourth-order valence-corrected chi connectivity index (χ4v) is 2.43. The number of benzene rings is 1. The maximum absolute atomic E-state index is 10.3. The highest BCUT2D eigenvalue weighted by Crippen LogP contribution is 2.27. The van der Waals surface area contributed by atoms with Crippen molar-refractivity contribution in [2.24, 2.45) is 0 Å². The van der Waals surface area contributed by atoms with E-state index in [0.29, 0.717) is 19.4 Å². The van der Waals surface area contributed by atoms with Crippen LogP contribution >= 0.6 is 0 Å². The number of nitrogens with one attached hydrogen (secondary N) is 1. The van der Waals surface area contributed by atoms with Crippen LogP contribution in [0.1, 0.15) is 31.2 Å². The van der Waals surface area contributed by atoms with Crippen LogP contribution in [0.2, 0.25) is 0 Å². The Labute approximate surface area is 102 Å². The van der Waals surface area contributed by atoms with Gasteiger partial charge in [-0.2, -0.15) is 0 Å². The van der Waals surface area contributed by atoms with Crippen LogP contribution in [0.25, 0.3) is 0 Å². The lowest BCUT2D eigenvalue weighted by atomic mass is 9.82. The molecule has 0 radical (unpaired) electrons. The second kappa shape index (κ2) is 5.63. The second-order valence-electron chi connectivity index (χ2n) is 4.95. The molecular formula is C14H21NO2. The molecule has 1 aliphatic rings. The minimum absolute atomic E-state index is 0.461. The van der Waals surface area contributed by atoms with E-state index in [1.54, 1.807) is 0 Å². The smallest absolute Gasteiger partial charge is 0.103 e. The summed E-state index contributed by atoms with van der Waals surface area (Å²) in [6.07, 6.45) is 2.84. The molecule has 94 valence electrons. The summed E-state index contributed by atoms with van der Waals surface area (Å²) in [6.45, 7) is 1.19. The standard InChI is InChI=1S/C14H21NO2/c16-13-8-4-5-9-14(13,17)11-15-10-12-6-2-1-3-7-12/h1-3,6-7,13,15-17H,4-5,8-11H2/t13-,14-/m1/s1. The van der Waals surface area contributed by atoms with Gasteiger partial charge < -0.3 is 15.5 Å². The largest absolute Gasteiger partial charge is 0.390 e. The third-order valence-corrected chi connectivity index (χ3v) is 3.56. The summed E-state index contributed by atoms with van der Waals surface area (Å²) in [4.78, 5) is 0. The Morgan fingerprint density at radius 2 is 2.00 bits per heavy atom.